The number of aliphatic carboxylic acids is 1. The van der Waals surface area contributed by atoms with Crippen molar-refractivity contribution in [2.45, 2.75) is 72.3 Å². The van der Waals surface area contributed by atoms with Gasteiger partial charge in [-0.3, -0.25) is 14.5 Å². The van der Waals surface area contributed by atoms with Crippen molar-refractivity contribution < 1.29 is 34.0 Å². The molecule has 0 saturated carbocycles. The zero-order valence-corrected chi connectivity index (χ0v) is 24.4. The predicted octanol–water partition coefficient (Wildman–Crippen LogP) is 4.29. The lowest BCUT2D eigenvalue weighted by Crippen LogP contribution is -2.46. The monoisotopic (exact) mass is 546 g/mol. The number of carboxylic acids is 1. The second-order valence-electron chi connectivity index (χ2n) is 11.7. The number of carbonyl (C=O) groups excluding carboxylic acids is 1. The van der Waals surface area contributed by atoms with Crippen molar-refractivity contribution >= 4 is 11.9 Å². The van der Waals surface area contributed by atoms with E-state index in [4.69, 9.17) is 14.2 Å². The van der Waals surface area contributed by atoms with Gasteiger partial charge in [0.1, 0.15) is 0 Å². The van der Waals surface area contributed by atoms with Gasteiger partial charge in [-0.15, -0.1) is 0 Å². The number of ether oxygens (including phenoxy) is 3. The first-order valence-corrected chi connectivity index (χ1v) is 14.0. The molecule has 3 atom stereocenters. The van der Waals surface area contributed by atoms with Crippen molar-refractivity contribution in [3.63, 3.8) is 0 Å². The van der Waals surface area contributed by atoms with Crippen LogP contribution in [-0.4, -0.2) is 84.6 Å². The Balaban J connectivity index is 1.99. The number of carboxylic acid groups (broad SMARTS) is 1. The van der Waals surface area contributed by atoms with Crippen molar-refractivity contribution in [3.05, 3.63) is 29.3 Å². The smallest absolute Gasteiger partial charge is 0.308 e. The second-order valence-corrected chi connectivity index (χ2v) is 11.7. The lowest BCUT2D eigenvalue weighted by atomic mass is 9.77. The van der Waals surface area contributed by atoms with Gasteiger partial charge < -0.3 is 29.3 Å². The number of aliphatic hydroxyl groups is 1. The van der Waals surface area contributed by atoms with E-state index >= 15 is 0 Å². The molecule has 1 amide bonds. The third-order valence-electron chi connectivity index (χ3n) is 7.62. The van der Waals surface area contributed by atoms with Gasteiger partial charge in [0.15, 0.2) is 11.5 Å². The van der Waals surface area contributed by atoms with Crippen LogP contribution in [0.5, 0.6) is 17.2 Å². The van der Waals surface area contributed by atoms with Crippen LogP contribution >= 0.6 is 0 Å². The van der Waals surface area contributed by atoms with Crippen LogP contribution in [0, 0.1) is 11.3 Å². The van der Waals surface area contributed by atoms with Gasteiger partial charge in [0.2, 0.25) is 18.4 Å². The van der Waals surface area contributed by atoms with Crippen LogP contribution in [-0.2, 0) is 9.59 Å². The summed E-state index contributed by atoms with van der Waals surface area (Å²) in [6, 6.07) is 3.33. The molecule has 0 spiro atoms. The maximum Gasteiger partial charge on any atom is 0.308 e. The van der Waals surface area contributed by atoms with Crippen LogP contribution in [0.4, 0.5) is 0 Å². The fourth-order valence-electron chi connectivity index (χ4n) is 6.07. The highest BCUT2D eigenvalue weighted by molar-refractivity contribution is 5.79. The van der Waals surface area contributed by atoms with Gasteiger partial charge in [-0.05, 0) is 56.2 Å². The van der Waals surface area contributed by atoms with Gasteiger partial charge in [0.05, 0.1) is 19.6 Å². The number of rotatable bonds is 14. The van der Waals surface area contributed by atoms with Gasteiger partial charge in [-0.1, -0.05) is 38.8 Å². The van der Waals surface area contributed by atoms with Crippen molar-refractivity contribution in [3.8, 4) is 17.2 Å². The number of hydrogen-bond acceptors (Lipinski definition) is 7. The van der Waals surface area contributed by atoms with Gasteiger partial charge in [-0.2, -0.15) is 0 Å². The highest BCUT2D eigenvalue weighted by Gasteiger charge is 2.49. The highest BCUT2D eigenvalue weighted by atomic mass is 16.7. The van der Waals surface area contributed by atoms with Crippen molar-refractivity contribution in [1.29, 1.82) is 0 Å². The van der Waals surface area contributed by atoms with E-state index in [0.717, 1.165) is 18.4 Å². The highest BCUT2D eigenvalue weighted by Crippen LogP contribution is 2.48. The SMILES string of the molecule is CCCCN(CCCO)C(=O)CN1C[C@H](c2cc(OC)c3c(c2)OCO3)C(C(=O)O)[C@@H]1CC(C)(C)C=C(C)C. The second kappa shape index (κ2) is 13.5. The first kappa shape index (κ1) is 30.8. The van der Waals surface area contributed by atoms with E-state index in [2.05, 4.69) is 31.7 Å². The Bertz CT molecular complexity index is 1030. The molecule has 1 unspecified atom stereocenters. The van der Waals surface area contributed by atoms with E-state index < -0.39 is 11.9 Å². The zero-order chi connectivity index (χ0) is 28.7. The number of amides is 1. The topological polar surface area (TPSA) is 109 Å². The maximum absolute atomic E-state index is 13.6. The molecule has 2 aliphatic heterocycles. The normalized spacial score (nSPS) is 20.6. The Morgan fingerprint density at radius 1 is 1.21 bits per heavy atom. The molecule has 0 radical (unpaired) electrons. The standard InChI is InChI=1S/C30H46N2O7/c1-7-8-10-31(11-9-12-33)26(34)18-32-17-22(21-13-24(37-6)28-25(14-21)38-19-39-28)27(29(35)36)23(32)16-30(4,5)15-20(2)3/h13-15,22-23,27,33H,7-12,16-19H2,1-6H3,(H,35,36)/t22-,23+,27?/m1/s1. The minimum absolute atomic E-state index is 0.0221. The lowest BCUT2D eigenvalue weighted by molar-refractivity contribution is -0.144. The number of likely N-dealkylation sites (tertiary alicyclic amines) is 1. The summed E-state index contributed by atoms with van der Waals surface area (Å²) in [5.74, 6) is -0.437. The third kappa shape index (κ3) is 7.66. The molecule has 2 aliphatic rings. The molecule has 9 nitrogen and oxygen atoms in total. The Morgan fingerprint density at radius 3 is 2.54 bits per heavy atom. The van der Waals surface area contributed by atoms with Crippen LogP contribution in [0.1, 0.15) is 71.8 Å². The summed E-state index contributed by atoms with van der Waals surface area (Å²) in [7, 11) is 1.55. The molecule has 1 aromatic carbocycles. The number of allylic oxidation sites excluding steroid dienone is 2. The quantitative estimate of drug-likeness (QED) is 0.333. The predicted molar refractivity (Wildman–Crippen MR) is 149 cm³/mol. The summed E-state index contributed by atoms with van der Waals surface area (Å²) < 4.78 is 16.7. The van der Waals surface area contributed by atoms with Crippen molar-refractivity contribution in [2.75, 3.05) is 46.7 Å². The molecule has 39 heavy (non-hydrogen) atoms. The van der Waals surface area contributed by atoms with Gasteiger partial charge in [0.25, 0.3) is 0 Å². The van der Waals surface area contributed by atoms with Crippen LogP contribution in [0.2, 0.25) is 0 Å². The summed E-state index contributed by atoms with van der Waals surface area (Å²) in [4.78, 5) is 30.3. The molecule has 1 aromatic rings. The molecule has 2 heterocycles. The Labute approximate surface area is 232 Å². The Kier molecular flexibility index (Phi) is 10.7. The minimum atomic E-state index is -0.882. The molecule has 2 N–H and O–H groups in total. The van der Waals surface area contributed by atoms with Crippen LogP contribution in [0.25, 0.3) is 0 Å². The summed E-state index contributed by atoms with van der Waals surface area (Å²) in [6.07, 6.45) is 5.13. The summed E-state index contributed by atoms with van der Waals surface area (Å²) in [5.41, 5.74) is 1.70. The van der Waals surface area contributed by atoms with Crippen LogP contribution < -0.4 is 14.2 Å². The molecule has 1 saturated heterocycles. The van der Waals surface area contributed by atoms with E-state index in [0.29, 0.717) is 49.7 Å². The minimum Gasteiger partial charge on any atom is -0.493 e. The molecular weight excluding hydrogens is 500 g/mol. The number of fused-ring (bicyclic) bond motifs is 1. The number of methoxy groups -OCH3 is 1. The van der Waals surface area contributed by atoms with Gasteiger partial charge in [-0.25, -0.2) is 0 Å². The first-order chi connectivity index (χ1) is 18.5. The molecular formula is C30H46N2O7. The molecule has 0 aliphatic carbocycles. The average Bonchev–Trinajstić information content (AvgIpc) is 3.47. The molecule has 9 heteroatoms. The van der Waals surface area contributed by atoms with E-state index in [1.54, 1.807) is 7.11 Å². The van der Waals surface area contributed by atoms with E-state index in [1.165, 1.54) is 5.57 Å². The summed E-state index contributed by atoms with van der Waals surface area (Å²) in [6.45, 7) is 12.2. The zero-order valence-electron chi connectivity index (χ0n) is 24.4. The van der Waals surface area contributed by atoms with Gasteiger partial charge >= 0.3 is 5.97 Å². The first-order valence-electron chi connectivity index (χ1n) is 14.0. The van der Waals surface area contributed by atoms with Crippen molar-refractivity contribution in [2.24, 2.45) is 11.3 Å². The molecule has 1 fully saturated rings. The summed E-state index contributed by atoms with van der Waals surface area (Å²) in [5, 5.41) is 19.9. The largest absolute Gasteiger partial charge is 0.493 e. The lowest BCUT2D eigenvalue weighted by Gasteiger charge is -2.34. The molecule has 0 aromatic heterocycles. The molecule has 218 valence electrons. The van der Waals surface area contributed by atoms with Crippen molar-refractivity contribution in [1.82, 2.24) is 9.80 Å². The average molecular weight is 547 g/mol. The third-order valence-corrected chi connectivity index (χ3v) is 7.62. The van der Waals surface area contributed by atoms with Gasteiger partial charge in [0, 0.05) is 38.2 Å². The van der Waals surface area contributed by atoms with E-state index in [9.17, 15) is 19.8 Å². The molecule has 3 rings (SSSR count). The van der Waals surface area contributed by atoms with E-state index in [1.807, 2.05) is 30.9 Å². The van der Waals surface area contributed by atoms with E-state index in [-0.39, 0.29) is 43.2 Å². The fourth-order valence-corrected chi connectivity index (χ4v) is 6.07. The number of hydrogen-bond donors (Lipinski definition) is 2. The molecule has 0 bridgehead atoms. The van der Waals surface area contributed by atoms with Crippen LogP contribution in [0.15, 0.2) is 23.8 Å². The number of aliphatic hydroxyl groups excluding tert-OH is 1. The Hall–Kier alpha value is -2.78. The number of unbranched alkanes of at least 4 members (excludes halogenated alkanes) is 1. The fraction of sp³-hybridized carbons (Fsp3) is 0.667. The number of benzene rings is 1. The number of nitrogens with zero attached hydrogens (tertiary/aromatic N) is 2. The number of carbonyl (C=O) groups is 2. The Morgan fingerprint density at radius 2 is 1.92 bits per heavy atom. The maximum atomic E-state index is 13.6. The summed E-state index contributed by atoms with van der Waals surface area (Å²) >= 11 is 0. The van der Waals surface area contributed by atoms with Crippen LogP contribution in [0.3, 0.4) is 0 Å².